The predicted molar refractivity (Wildman–Crippen MR) is 63.8 cm³/mol. The van der Waals surface area contributed by atoms with Crippen LogP contribution < -0.4 is 0 Å². The summed E-state index contributed by atoms with van der Waals surface area (Å²) in [6, 6.07) is 14.6. The van der Waals surface area contributed by atoms with E-state index in [0.717, 1.165) is 17.8 Å². The third kappa shape index (κ3) is 2.07. The second kappa shape index (κ2) is 4.26. The fraction of sp³-hybridized carbons (Fsp3) is 0.214. The van der Waals surface area contributed by atoms with Crippen molar-refractivity contribution in [1.29, 1.82) is 0 Å². The minimum Gasteiger partial charge on any atom is -0.253 e. The summed E-state index contributed by atoms with van der Waals surface area (Å²) in [5, 5.41) is 0. The van der Waals surface area contributed by atoms with Gasteiger partial charge in [-0.05, 0) is 25.0 Å². The maximum Gasteiger partial charge on any atom is 0.0734 e. The average molecular weight is 197 g/mol. The van der Waals surface area contributed by atoms with Gasteiger partial charge in [0.25, 0.3) is 0 Å². The number of nitrogens with zero attached hydrogens (tertiary/aromatic N) is 1. The fourth-order valence-electron chi connectivity index (χ4n) is 1.65. The number of hydrogen-bond donors (Lipinski definition) is 0. The van der Waals surface area contributed by atoms with E-state index in [1.54, 1.807) is 0 Å². The minimum absolute atomic E-state index is 0.986. The zero-order chi connectivity index (χ0) is 10.7. The molecule has 0 saturated heterocycles. The van der Waals surface area contributed by atoms with Gasteiger partial charge in [0.2, 0.25) is 0 Å². The topological polar surface area (TPSA) is 12.9 Å². The lowest BCUT2D eigenvalue weighted by atomic mass is 10.1. The van der Waals surface area contributed by atoms with Crippen molar-refractivity contribution >= 4 is 0 Å². The van der Waals surface area contributed by atoms with E-state index in [1.165, 1.54) is 11.1 Å². The Morgan fingerprint density at radius 1 is 1.00 bits per heavy atom. The van der Waals surface area contributed by atoms with Crippen molar-refractivity contribution < 1.29 is 0 Å². The van der Waals surface area contributed by atoms with Crippen molar-refractivity contribution in [2.75, 3.05) is 0 Å². The average Bonchev–Trinajstić information content (AvgIpc) is 2.31. The molecule has 0 spiro atoms. The largest absolute Gasteiger partial charge is 0.253 e. The zero-order valence-corrected chi connectivity index (χ0v) is 9.20. The molecule has 0 aliphatic heterocycles. The molecule has 1 nitrogen and oxygen atoms in total. The van der Waals surface area contributed by atoms with Gasteiger partial charge in [-0.3, -0.25) is 4.98 Å². The van der Waals surface area contributed by atoms with Gasteiger partial charge in [0.1, 0.15) is 0 Å². The molecule has 0 aliphatic carbocycles. The third-order valence-electron chi connectivity index (χ3n) is 2.56. The standard InChI is InChI=1S/C14H15N/c1-3-13-10-9-11(2)14(15-13)12-7-5-4-6-8-12/h4-10H,3H2,1-2H3. The Balaban J connectivity index is 2.52. The smallest absolute Gasteiger partial charge is 0.0734 e. The number of benzene rings is 1. The van der Waals surface area contributed by atoms with E-state index in [0.29, 0.717) is 0 Å². The van der Waals surface area contributed by atoms with E-state index in [2.05, 4.69) is 55.2 Å². The summed E-state index contributed by atoms with van der Waals surface area (Å²) < 4.78 is 0. The van der Waals surface area contributed by atoms with Gasteiger partial charge in [-0.15, -0.1) is 0 Å². The number of rotatable bonds is 2. The molecule has 2 rings (SSSR count). The lowest BCUT2D eigenvalue weighted by molar-refractivity contribution is 1.03. The molecule has 0 saturated carbocycles. The Bertz CT molecular complexity index is 446. The summed E-state index contributed by atoms with van der Waals surface area (Å²) in [5.74, 6) is 0. The summed E-state index contributed by atoms with van der Waals surface area (Å²) in [6.45, 7) is 4.24. The van der Waals surface area contributed by atoms with Crippen LogP contribution in [0.3, 0.4) is 0 Å². The van der Waals surface area contributed by atoms with Gasteiger partial charge < -0.3 is 0 Å². The summed E-state index contributed by atoms with van der Waals surface area (Å²) in [5.41, 5.74) is 4.69. The van der Waals surface area contributed by atoms with Crippen LogP contribution in [-0.2, 0) is 6.42 Å². The van der Waals surface area contributed by atoms with Crippen molar-refractivity contribution in [3.63, 3.8) is 0 Å². The molecule has 0 bridgehead atoms. The van der Waals surface area contributed by atoms with Gasteiger partial charge >= 0.3 is 0 Å². The molecular formula is C14H15N. The fourth-order valence-corrected chi connectivity index (χ4v) is 1.65. The van der Waals surface area contributed by atoms with Crippen LogP contribution in [-0.4, -0.2) is 4.98 Å². The van der Waals surface area contributed by atoms with Crippen molar-refractivity contribution in [3.05, 3.63) is 53.7 Å². The highest BCUT2D eigenvalue weighted by molar-refractivity contribution is 5.62. The van der Waals surface area contributed by atoms with E-state index >= 15 is 0 Å². The van der Waals surface area contributed by atoms with Crippen LogP contribution in [0.2, 0.25) is 0 Å². The molecule has 1 heterocycles. The van der Waals surface area contributed by atoms with Crippen LogP contribution in [0.1, 0.15) is 18.2 Å². The van der Waals surface area contributed by atoms with Crippen molar-refractivity contribution in [2.45, 2.75) is 20.3 Å². The molecule has 1 heteroatoms. The molecule has 1 aromatic carbocycles. The van der Waals surface area contributed by atoms with E-state index in [1.807, 2.05) is 6.07 Å². The maximum atomic E-state index is 4.66. The Morgan fingerprint density at radius 2 is 1.73 bits per heavy atom. The number of hydrogen-bond acceptors (Lipinski definition) is 1. The van der Waals surface area contributed by atoms with Crippen LogP contribution in [0.15, 0.2) is 42.5 Å². The van der Waals surface area contributed by atoms with Crippen LogP contribution in [0, 0.1) is 6.92 Å². The van der Waals surface area contributed by atoms with Gasteiger partial charge in [0, 0.05) is 11.3 Å². The zero-order valence-electron chi connectivity index (χ0n) is 9.20. The minimum atomic E-state index is 0.986. The molecule has 0 amide bonds. The van der Waals surface area contributed by atoms with E-state index in [-0.39, 0.29) is 0 Å². The summed E-state index contributed by atoms with van der Waals surface area (Å²) >= 11 is 0. The van der Waals surface area contributed by atoms with Gasteiger partial charge in [0.15, 0.2) is 0 Å². The summed E-state index contributed by atoms with van der Waals surface area (Å²) in [7, 11) is 0. The van der Waals surface area contributed by atoms with Crippen LogP contribution >= 0.6 is 0 Å². The first-order chi connectivity index (χ1) is 7.31. The number of pyridine rings is 1. The van der Waals surface area contributed by atoms with Crippen LogP contribution in [0.5, 0.6) is 0 Å². The molecule has 1 aromatic heterocycles. The summed E-state index contributed by atoms with van der Waals surface area (Å²) in [4.78, 5) is 4.66. The van der Waals surface area contributed by atoms with E-state index in [4.69, 9.17) is 0 Å². The second-order valence-electron chi connectivity index (χ2n) is 3.69. The number of aryl methyl sites for hydroxylation is 2. The van der Waals surface area contributed by atoms with Crippen molar-refractivity contribution in [3.8, 4) is 11.3 Å². The van der Waals surface area contributed by atoms with Crippen LogP contribution in [0.4, 0.5) is 0 Å². The Kier molecular flexibility index (Phi) is 2.82. The Morgan fingerprint density at radius 3 is 2.40 bits per heavy atom. The highest BCUT2D eigenvalue weighted by Crippen LogP contribution is 2.20. The number of aromatic nitrogens is 1. The quantitative estimate of drug-likeness (QED) is 0.716. The van der Waals surface area contributed by atoms with E-state index in [9.17, 15) is 0 Å². The third-order valence-corrected chi connectivity index (χ3v) is 2.56. The molecule has 0 radical (unpaired) electrons. The molecule has 0 atom stereocenters. The van der Waals surface area contributed by atoms with Gasteiger partial charge in [-0.2, -0.15) is 0 Å². The monoisotopic (exact) mass is 197 g/mol. The Labute approximate surface area is 90.8 Å². The summed E-state index contributed by atoms with van der Waals surface area (Å²) in [6.07, 6.45) is 0.986. The molecule has 2 aromatic rings. The lowest BCUT2D eigenvalue weighted by Crippen LogP contribution is -1.93. The van der Waals surface area contributed by atoms with Gasteiger partial charge in [-0.1, -0.05) is 43.3 Å². The predicted octanol–water partition coefficient (Wildman–Crippen LogP) is 3.62. The molecule has 15 heavy (non-hydrogen) atoms. The first-order valence-corrected chi connectivity index (χ1v) is 5.33. The highest BCUT2D eigenvalue weighted by atomic mass is 14.7. The Hall–Kier alpha value is -1.63. The second-order valence-corrected chi connectivity index (χ2v) is 3.69. The van der Waals surface area contributed by atoms with Crippen LogP contribution in [0.25, 0.3) is 11.3 Å². The molecule has 76 valence electrons. The first-order valence-electron chi connectivity index (χ1n) is 5.33. The van der Waals surface area contributed by atoms with Gasteiger partial charge in [0.05, 0.1) is 5.69 Å². The molecule has 0 fully saturated rings. The molecule has 0 N–H and O–H groups in total. The molecule has 0 aliphatic rings. The first kappa shape index (κ1) is 9.91. The SMILES string of the molecule is CCc1ccc(C)c(-c2ccccc2)n1. The van der Waals surface area contributed by atoms with E-state index < -0.39 is 0 Å². The lowest BCUT2D eigenvalue weighted by Gasteiger charge is -2.06. The van der Waals surface area contributed by atoms with Crippen molar-refractivity contribution in [2.24, 2.45) is 0 Å². The normalized spacial score (nSPS) is 10.3. The van der Waals surface area contributed by atoms with Crippen molar-refractivity contribution in [1.82, 2.24) is 4.98 Å². The molecule has 0 unspecified atom stereocenters. The van der Waals surface area contributed by atoms with Gasteiger partial charge in [-0.25, -0.2) is 0 Å². The maximum absolute atomic E-state index is 4.66. The highest BCUT2D eigenvalue weighted by Gasteiger charge is 2.03. The molecular weight excluding hydrogens is 182 g/mol.